The lowest BCUT2D eigenvalue weighted by Gasteiger charge is -2.34. The normalized spacial score (nSPS) is 15.6. The molecule has 3 heterocycles. The lowest BCUT2D eigenvalue weighted by Crippen LogP contribution is -2.48. The van der Waals surface area contributed by atoms with Crippen LogP contribution in [0, 0.1) is 0 Å². The predicted molar refractivity (Wildman–Crippen MR) is 97.8 cm³/mol. The van der Waals surface area contributed by atoms with E-state index in [0.29, 0.717) is 10.6 Å². The van der Waals surface area contributed by atoms with Crippen molar-refractivity contribution in [1.29, 1.82) is 0 Å². The highest BCUT2D eigenvalue weighted by Gasteiger charge is 2.22. The number of benzene rings is 1. The van der Waals surface area contributed by atoms with Crippen LogP contribution in [-0.2, 0) is 6.54 Å². The zero-order chi connectivity index (χ0) is 17.2. The molecule has 0 radical (unpaired) electrons. The van der Waals surface area contributed by atoms with Crippen molar-refractivity contribution in [3.63, 3.8) is 0 Å². The van der Waals surface area contributed by atoms with Gasteiger partial charge in [-0.1, -0.05) is 23.7 Å². The summed E-state index contributed by atoms with van der Waals surface area (Å²) >= 11 is 5.99. The second-order valence-corrected chi connectivity index (χ2v) is 6.69. The number of hydrogen-bond donors (Lipinski definition) is 0. The zero-order valence-electron chi connectivity index (χ0n) is 13.8. The number of nitrogens with zero attached hydrogens (tertiary/aromatic N) is 4. The third kappa shape index (κ3) is 3.38. The first-order valence-corrected chi connectivity index (χ1v) is 8.77. The minimum absolute atomic E-state index is 0.0527. The quantitative estimate of drug-likeness (QED) is 0.726. The number of amides is 1. The topological polar surface area (TPSA) is 40.9 Å². The highest BCUT2D eigenvalue weighted by Crippen LogP contribution is 2.15. The Balaban J connectivity index is 1.39. The first-order chi connectivity index (χ1) is 12.2. The van der Waals surface area contributed by atoms with E-state index < -0.39 is 0 Å². The molecule has 1 amide bonds. The number of carbonyl (C=O) groups excluding carboxylic acids is 1. The highest BCUT2D eigenvalue weighted by molar-refractivity contribution is 6.30. The number of carbonyl (C=O) groups is 1. The maximum Gasteiger partial charge on any atom is 0.253 e. The van der Waals surface area contributed by atoms with E-state index in [2.05, 4.69) is 14.3 Å². The smallest absolute Gasteiger partial charge is 0.253 e. The van der Waals surface area contributed by atoms with Gasteiger partial charge >= 0.3 is 0 Å². The van der Waals surface area contributed by atoms with Gasteiger partial charge < -0.3 is 9.30 Å². The number of rotatable bonds is 3. The molecule has 0 unspecified atom stereocenters. The average molecular weight is 355 g/mol. The zero-order valence-corrected chi connectivity index (χ0v) is 14.6. The first-order valence-electron chi connectivity index (χ1n) is 8.39. The molecule has 0 spiro atoms. The fraction of sp³-hybridized carbons (Fsp3) is 0.263. The van der Waals surface area contributed by atoms with E-state index in [9.17, 15) is 4.79 Å². The molecule has 25 heavy (non-hydrogen) atoms. The van der Waals surface area contributed by atoms with Gasteiger partial charge in [0.2, 0.25) is 0 Å². The van der Waals surface area contributed by atoms with Crippen LogP contribution < -0.4 is 0 Å². The number of imidazole rings is 1. The summed E-state index contributed by atoms with van der Waals surface area (Å²) in [6.07, 6.45) is 3.97. The monoisotopic (exact) mass is 354 g/mol. The Labute approximate surface area is 151 Å². The second-order valence-electron chi connectivity index (χ2n) is 6.26. The van der Waals surface area contributed by atoms with E-state index in [1.54, 1.807) is 12.1 Å². The molecule has 5 nitrogen and oxygen atoms in total. The molecule has 1 saturated heterocycles. The summed E-state index contributed by atoms with van der Waals surface area (Å²) in [5.74, 6) is 0.0527. The van der Waals surface area contributed by atoms with Gasteiger partial charge in [-0.3, -0.25) is 9.69 Å². The SMILES string of the molecule is O=C(c1cccc(Cl)c1)N1CCN(Cc2cnc3ccccn23)CC1. The van der Waals surface area contributed by atoms with Crippen LogP contribution >= 0.6 is 11.6 Å². The van der Waals surface area contributed by atoms with Crippen LogP contribution in [0.4, 0.5) is 0 Å². The number of pyridine rings is 1. The van der Waals surface area contributed by atoms with Gasteiger partial charge in [-0.15, -0.1) is 0 Å². The summed E-state index contributed by atoms with van der Waals surface area (Å²) < 4.78 is 2.11. The molecule has 1 aliphatic heterocycles. The first kappa shape index (κ1) is 16.1. The molecule has 1 fully saturated rings. The predicted octanol–water partition coefficient (Wildman–Crippen LogP) is 2.95. The van der Waals surface area contributed by atoms with Crippen molar-refractivity contribution in [1.82, 2.24) is 19.2 Å². The van der Waals surface area contributed by atoms with Gasteiger partial charge in [-0.2, -0.15) is 0 Å². The number of aromatic nitrogens is 2. The maximum atomic E-state index is 12.6. The molecule has 4 rings (SSSR count). The highest BCUT2D eigenvalue weighted by atomic mass is 35.5. The second kappa shape index (κ2) is 6.86. The summed E-state index contributed by atoms with van der Waals surface area (Å²) in [5, 5.41) is 0.595. The van der Waals surface area contributed by atoms with Gasteiger partial charge in [-0.05, 0) is 30.3 Å². The van der Waals surface area contributed by atoms with E-state index in [1.807, 2.05) is 47.6 Å². The molecule has 1 aromatic carbocycles. The molecule has 0 atom stereocenters. The van der Waals surface area contributed by atoms with Gasteiger partial charge in [0.15, 0.2) is 0 Å². The largest absolute Gasteiger partial charge is 0.336 e. The van der Waals surface area contributed by atoms with E-state index in [-0.39, 0.29) is 5.91 Å². The number of halogens is 1. The molecule has 0 saturated carbocycles. The fourth-order valence-corrected chi connectivity index (χ4v) is 3.43. The van der Waals surface area contributed by atoms with Gasteiger partial charge in [0.05, 0.1) is 11.9 Å². The van der Waals surface area contributed by atoms with Crippen LogP contribution in [0.2, 0.25) is 5.02 Å². The van der Waals surface area contributed by atoms with E-state index in [4.69, 9.17) is 11.6 Å². The number of fused-ring (bicyclic) bond motifs is 1. The summed E-state index contributed by atoms with van der Waals surface area (Å²) in [6.45, 7) is 3.99. The van der Waals surface area contributed by atoms with Crippen LogP contribution in [0.5, 0.6) is 0 Å². The van der Waals surface area contributed by atoms with Crippen molar-refractivity contribution in [2.24, 2.45) is 0 Å². The van der Waals surface area contributed by atoms with Crippen molar-refractivity contribution in [2.45, 2.75) is 6.54 Å². The Hall–Kier alpha value is -2.37. The molecule has 0 N–H and O–H groups in total. The Morgan fingerprint density at radius 2 is 1.92 bits per heavy atom. The van der Waals surface area contributed by atoms with Crippen LogP contribution in [0.25, 0.3) is 5.65 Å². The summed E-state index contributed by atoms with van der Waals surface area (Å²) in [6, 6.07) is 13.2. The molecular formula is C19H19ClN4O. The number of piperazine rings is 1. The van der Waals surface area contributed by atoms with Gasteiger partial charge in [0.1, 0.15) is 5.65 Å². The van der Waals surface area contributed by atoms with E-state index >= 15 is 0 Å². The molecule has 3 aromatic rings. The van der Waals surface area contributed by atoms with Crippen molar-refractivity contribution in [3.8, 4) is 0 Å². The molecule has 128 valence electrons. The summed E-state index contributed by atoms with van der Waals surface area (Å²) in [7, 11) is 0. The summed E-state index contributed by atoms with van der Waals surface area (Å²) in [4.78, 5) is 21.3. The standard InChI is InChI=1S/C19H19ClN4O/c20-16-5-3-4-15(12-16)19(25)23-10-8-22(9-11-23)14-17-13-21-18-6-1-2-7-24(17)18/h1-7,12-13H,8-11,14H2. The van der Waals surface area contributed by atoms with Crippen LogP contribution in [0.15, 0.2) is 54.9 Å². The van der Waals surface area contributed by atoms with Gasteiger partial charge in [0, 0.05) is 49.5 Å². The van der Waals surface area contributed by atoms with Crippen LogP contribution in [0.3, 0.4) is 0 Å². The minimum atomic E-state index is 0.0527. The fourth-order valence-electron chi connectivity index (χ4n) is 3.24. The van der Waals surface area contributed by atoms with E-state index in [0.717, 1.165) is 38.4 Å². The number of hydrogen-bond acceptors (Lipinski definition) is 3. The molecule has 1 aliphatic rings. The Kier molecular flexibility index (Phi) is 4.42. The molecule has 6 heteroatoms. The van der Waals surface area contributed by atoms with Crippen LogP contribution in [-0.4, -0.2) is 51.3 Å². The summed E-state index contributed by atoms with van der Waals surface area (Å²) in [5.41, 5.74) is 2.79. The third-order valence-corrected chi connectivity index (χ3v) is 4.85. The Bertz CT molecular complexity index is 899. The third-order valence-electron chi connectivity index (χ3n) is 4.61. The molecule has 0 aliphatic carbocycles. The van der Waals surface area contributed by atoms with Gasteiger partial charge in [0.25, 0.3) is 5.91 Å². The van der Waals surface area contributed by atoms with Crippen molar-refractivity contribution < 1.29 is 4.79 Å². The lowest BCUT2D eigenvalue weighted by molar-refractivity contribution is 0.0626. The Morgan fingerprint density at radius 1 is 1.08 bits per heavy atom. The molecular weight excluding hydrogens is 336 g/mol. The van der Waals surface area contributed by atoms with Crippen molar-refractivity contribution in [2.75, 3.05) is 26.2 Å². The van der Waals surface area contributed by atoms with Crippen LogP contribution in [0.1, 0.15) is 16.1 Å². The lowest BCUT2D eigenvalue weighted by atomic mass is 10.2. The van der Waals surface area contributed by atoms with Crippen molar-refractivity contribution in [3.05, 3.63) is 71.1 Å². The van der Waals surface area contributed by atoms with Gasteiger partial charge in [-0.25, -0.2) is 4.98 Å². The maximum absolute atomic E-state index is 12.6. The van der Waals surface area contributed by atoms with Crippen molar-refractivity contribution >= 4 is 23.2 Å². The molecule has 2 aromatic heterocycles. The van der Waals surface area contributed by atoms with E-state index in [1.165, 1.54) is 5.69 Å². The minimum Gasteiger partial charge on any atom is -0.336 e. The molecule has 0 bridgehead atoms. The Morgan fingerprint density at radius 3 is 2.72 bits per heavy atom. The average Bonchev–Trinajstić information content (AvgIpc) is 3.05.